The number of nitrogens with zero attached hydrogens (tertiary/aromatic N) is 1. The maximum absolute atomic E-state index is 12.8. The Morgan fingerprint density at radius 3 is 2.50 bits per heavy atom. The van der Waals surface area contributed by atoms with Crippen LogP contribution in [0.15, 0.2) is 54.7 Å². The molecule has 2 rings (SSSR count). The van der Waals surface area contributed by atoms with Crippen molar-refractivity contribution in [1.29, 1.82) is 0 Å². The number of pyridine rings is 1. The van der Waals surface area contributed by atoms with E-state index in [-0.39, 0.29) is 0 Å². The average molecular weight is 277 g/mol. The topological polar surface area (TPSA) is 12.9 Å². The Bertz CT molecular complexity index is 615. The Morgan fingerprint density at radius 1 is 1.20 bits per heavy atom. The number of hydrogen-bond donors (Lipinski definition) is 0. The Labute approximate surface area is 115 Å². The molecule has 0 saturated heterocycles. The maximum atomic E-state index is 12.8. The van der Waals surface area contributed by atoms with Crippen molar-refractivity contribution in [2.24, 2.45) is 0 Å². The number of halogens is 3. The van der Waals surface area contributed by atoms with Crippen LogP contribution in [0.1, 0.15) is 18.1 Å². The third-order valence-corrected chi connectivity index (χ3v) is 2.87. The summed E-state index contributed by atoms with van der Waals surface area (Å²) in [6.45, 7) is 5.66. The Hall–Kier alpha value is -2.10. The summed E-state index contributed by atoms with van der Waals surface area (Å²) in [7, 11) is 0. The van der Waals surface area contributed by atoms with Crippen LogP contribution in [-0.2, 0) is 12.6 Å². The lowest BCUT2D eigenvalue weighted by Gasteiger charge is -2.13. The van der Waals surface area contributed by atoms with Crippen LogP contribution in [0.5, 0.6) is 0 Å². The molecule has 1 aromatic carbocycles. The summed E-state index contributed by atoms with van der Waals surface area (Å²) >= 11 is 0. The number of alkyl halides is 3. The molecule has 20 heavy (non-hydrogen) atoms. The molecule has 0 N–H and O–H groups in total. The molecule has 0 atom stereocenters. The number of hydrogen-bond acceptors (Lipinski definition) is 1. The smallest absolute Gasteiger partial charge is 0.256 e. The molecule has 4 heteroatoms. The summed E-state index contributed by atoms with van der Waals surface area (Å²) in [5.74, 6) is 0. The summed E-state index contributed by atoms with van der Waals surface area (Å²) < 4.78 is 38.5. The highest BCUT2D eigenvalue weighted by molar-refractivity contribution is 5.65. The van der Waals surface area contributed by atoms with Gasteiger partial charge in [0.1, 0.15) is 0 Å². The van der Waals surface area contributed by atoms with Crippen molar-refractivity contribution in [3.63, 3.8) is 0 Å². The lowest BCUT2D eigenvalue weighted by molar-refractivity contribution is -0.137. The normalized spacial score (nSPS) is 11.4. The van der Waals surface area contributed by atoms with Gasteiger partial charge in [-0.05, 0) is 43.2 Å². The largest absolute Gasteiger partial charge is 0.416 e. The first kappa shape index (κ1) is 14.3. The minimum atomic E-state index is -4.36. The lowest BCUT2D eigenvalue weighted by Crippen LogP contribution is -2.06. The van der Waals surface area contributed by atoms with Crippen molar-refractivity contribution >= 4 is 0 Å². The van der Waals surface area contributed by atoms with Crippen molar-refractivity contribution in [3.8, 4) is 11.3 Å². The first-order valence-corrected chi connectivity index (χ1v) is 6.14. The Morgan fingerprint density at radius 2 is 1.95 bits per heavy atom. The summed E-state index contributed by atoms with van der Waals surface area (Å²) in [6.07, 6.45) is -2.25. The van der Waals surface area contributed by atoms with Crippen molar-refractivity contribution in [3.05, 3.63) is 65.9 Å². The molecule has 104 valence electrons. The average Bonchev–Trinajstić information content (AvgIpc) is 2.38. The molecule has 0 aliphatic rings. The monoisotopic (exact) mass is 277 g/mol. The number of rotatable bonds is 3. The van der Waals surface area contributed by atoms with Crippen LogP contribution < -0.4 is 0 Å². The van der Waals surface area contributed by atoms with Crippen molar-refractivity contribution in [2.75, 3.05) is 0 Å². The molecule has 0 fully saturated rings. The highest BCUT2D eigenvalue weighted by Crippen LogP contribution is 2.34. The van der Waals surface area contributed by atoms with Gasteiger partial charge in [-0.15, -0.1) is 0 Å². The van der Waals surface area contributed by atoms with Gasteiger partial charge in [-0.2, -0.15) is 13.2 Å². The van der Waals surface area contributed by atoms with E-state index < -0.39 is 11.7 Å². The number of allylic oxidation sites excluding steroid dienone is 1. The summed E-state index contributed by atoms with van der Waals surface area (Å²) in [4.78, 5) is 4.14. The molecular formula is C16H14F3N. The predicted octanol–water partition coefficient (Wildman–Crippen LogP) is 4.89. The molecule has 0 radical (unpaired) electrons. The van der Waals surface area contributed by atoms with Gasteiger partial charge in [0.25, 0.3) is 0 Å². The number of benzene rings is 1. The zero-order chi connectivity index (χ0) is 14.8. The van der Waals surface area contributed by atoms with E-state index in [0.29, 0.717) is 17.7 Å². The van der Waals surface area contributed by atoms with Crippen molar-refractivity contribution in [1.82, 2.24) is 4.98 Å². The lowest BCUT2D eigenvalue weighted by atomic mass is 9.96. The predicted molar refractivity (Wildman–Crippen MR) is 73.2 cm³/mol. The Balaban J connectivity index is 2.57. The third kappa shape index (κ3) is 3.26. The minimum absolute atomic E-state index is 0.503. The van der Waals surface area contributed by atoms with Gasteiger partial charge in [0, 0.05) is 11.8 Å². The van der Waals surface area contributed by atoms with Crippen LogP contribution in [0.3, 0.4) is 0 Å². The van der Waals surface area contributed by atoms with E-state index in [1.54, 1.807) is 24.4 Å². The molecule has 0 unspecified atom stereocenters. The molecule has 0 aliphatic heterocycles. The molecule has 0 spiro atoms. The van der Waals surface area contributed by atoms with Gasteiger partial charge in [0.15, 0.2) is 0 Å². The first-order chi connectivity index (χ1) is 9.38. The fourth-order valence-corrected chi connectivity index (χ4v) is 1.99. The second kappa shape index (κ2) is 5.49. The second-order valence-corrected chi connectivity index (χ2v) is 4.72. The highest BCUT2D eigenvalue weighted by Gasteiger charge is 2.31. The molecule has 1 nitrogen and oxygen atoms in total. The Kier molecular flexibility index (Phi) is 3.93. The van der Waals surface area contributed by atoms with E-state index in [9.17, 15) is 13.2 Å². The van der Waals surface area contributed by atoms with Crippen molar-refractivity contribution in [2.45, 2.75) is 19.5 Å². The molecule has 0 aliphatic carbocycles. The quantitative estimate of drug-likeness (QED) is 0.728. The van der Waals surface area contributed by atoms with Crippen LogP contribution in [0.2, 0.25) is 0 Å². The van der Waals surface area contributed by atoms with Gasteiger partial charge in [-0.25, -0.2) is 0 Å². The van der Waals surface area contributed by atoms with Crippen LogP contribution >= 0.6 is 0 Å². The summed E-state index contributed by atoms with van der Waals surface area (Å²) in [5.41, 5.74) is 2.06. The molecule has 1 aromatic heterocycles. The SMILES string of the molecule is C=C(C)Cc1ccc(C(F)(F)F)cc1-c1ccccn1. The zero-order valence-electron chi connectivity index (χ0n) is 11.0. The van der Waals surface area contributed by atoms with E-state index >= 15 is 0 Å². The fraction of sp³-hybridized carbons (Fsp3) is 0.188. The van der Waals surface area contributed by atoms with Crippen LogP contribution in [0, 0.1) is 0 Å². The standard InChI is InChI=1S/C16H14F3N/c1-11(2)9-12-6-7-13(16(17,18)19)10-14(12)15-5-3-4-8-20-15/h3-8,10H,1,9H2,2H3. The van der Waals surface area contributed by atoms with Gasteiger partial charge < -0.3 is 0 Å². The summed E-state index contributed by atoms with van der Waals surface area (Å²) in [6, 6.07) is 8.95. The fourth-order valence-electron chi connectivity index (χ4n) is 1.99. The van der Waals surface area contributed by atoms with E-state index in [1.165, 1.54) is 6.07 Å². The molecular weight excluding hydrogens is 263 g/mol. The summed E-state index contributed by atoms with van der Waals surface area (Å²) in [5, 5.41) is 0. The van der Waals surface area contributed by atoms with Crippen LogP contribution in [0.25, 0.3) is 11.3 Å². The van der Waals surface area contributed by atoms with Crippen LogP contribution in [-0.4, -0.2) is 4.98 Å². The molecule has 0 saturated carbocycles. The third-order valence-electron chi connectivity index (χ3n) is 2.87. The van der Waals surface area contributed by atoms with Gasteiger partial charge in [-0.1, -0.05) is 24.3 Å². The molecule has 2 aromatic rings. The number of aromatic nitrogens is 1. The molecule has 0 amide bonds. The maximum Gasteiger partial charge on any atom is 0.416 e. The second-order valence-electron chi connectivity index (χ2n) is 4.72. The van der Waals surface area contributed by atoms with E-state index in [1.807, 2.05) is 6.92 Å². The van der Waals surface area contributed by atoms with E-state index in [4.69, 9.17) is 0 Å². The van der Waals surface area contributed by atoms with E-state index in [2.05, 4.69) is 11.6 Å². The van der Waals surface area contributed by atoms with Gasteiger partial charge in [-0.3, -0.25) is 4.98 Å². The first-order valence-electron chi connectivity index (χ1n) is 6.14. The molecule has 1 heterocycles. The molecule has 0 bridgehead atoms. The van der Waals surface area contributed by atoms with Crippen molar-refractivity contribution < 1.29 is 13.2 Å². The minimum Gasteiger partial charge on any atom is -0.256 e. The highest BCUT2D eigenvalue weighted by atomic mass is 19.4. The zero-order valence-corrected chi connectivity index (χ0v) is 11.0. The van der Waals surface area contributed by atoms with Gasteiger partial charge in [0.05, 0.1) is 11.3 Å². The van der Waals surface area contributed by atoms with Gasteiger partial charge >= 0.3 is 6.18 Å². The van der Waals surface area contributed by atoms with Gasteiger partial charge in [0.2, 0.25) is 0 Å². The van der Waals surface area contributed by atoms with Crippen LogP contribution in [0.4, 0.5) is 13.2 Å². The van der Waals surface area contributed by atoms with E-state index in [0.717, 1.165) is 23.3 Å².